The van der Waals surface area contributed by atoms with E-state index in [0.717, 1.165) is 46.9 Å². The standard InChI is InChI=1S/C18H21N3O/c1-2-14-10-12-4-3-5-16(13(11-20)8-9-19)17(12)18(22)21(14)15-6-7-15/h3-5,8-11,15H,2,6-7,19-20H2,1H3/b9-8-,13-11+. The largest absolute Gasteiger partial charge is 0.405 e. The topological polar surface area (TPSA) is 74.0 Å². The molecule has 4 nitrogen and oxygen atoms in total. The molecule has 2 aromatic rings. The lowest BCUT2D eigenvalue weighted by Gasteiger charge is -2.15. The number of aryl methyl sites for hydroxylation is 1. The van der Waals surface area contributed by atoms with Gasteiger partial charge in [0.25, 0.3) is 5.56 Å². The van der Waals surface area contributed by atoms with E-state index >= 15 is 0 Å². The first-order valence-electron chi connectivity index (χ1n) is 7.69. The number of benzene rings is 1. The monoisotopic (exact) mass is 295 g/mol. The van der Waals surface area contributed by atoms with Crippen molar-refractivity contribution < 1.29 is 0 Å². The van der Waals surface area contributed by atoms with Crippen molar-refractivity contribution in [2.45, 2.75) is 32.2 Å². The number of pyridine rings is 1. The first kappa shape index (κ1) is 14.4. The third-order valence-corrected chi connectivity index (χ3v) is 4.20. The van der Waals surface area contributed by atoms with Crippen LogP contribution in [0.15, 0.2) is 47.5 Å². The Bertz CT molecular complexity index is 826. The van der Waals surface area contributed by atoms with Crippen LogP contribution in [0.2, 0.25) is 0 Å². The summed E-state index contributed by atoms with van der Waals surface area (Å²) in [6, 6.07) is 8.34. The molecule has 0 bridgehead atoms. The number of nitrogens with two attached hydrogens (primary N) is 2. The number of hydrogen-bond acceptors (Lipinski definition) is 3. The van der Waals surface area contributed by atoms with Crippen LogP contribution in [-0.4, -0.2) is 4.57 Å². The lowest BCUT2D eigenvalue weighted by molar-refractivity contribution is 0.670. The predicted molar refractivity (Wildman–Crippen MR) is 91.3 cm³/mol. The lowest BCUT2D eigenvalue weighted by atomic mass is 9.98. The van der Waals surface area contributed by atoms with Gasteiger partial charge in [-0.1, -0.05) is 25.1 Å². The second-order valence-electron chi connectivity index (χ2n) is 5.65. The molecule has 4 N–H and O–H groups in total. The van der Waals surface area contributed by atoms with Crippen LogP contribution in [-0.2, 0) is 6.42 Å². The van der Waals surface area contributed by atoms with Gasteiger partial charge in [0.15, 0.2) is 0 Å². The fourth-order valence-electron chi connectivity index (χ4n) is 3.01. The van der Waals surface area contributed by atoms with Gasteiger partial charge in [0.2, 0.25) is 0 Å². The van der Waals surface area contributed by atoms with Gasteiger partial charge in [-0.15, -0.1) is 0 Å². The number of aromatic nitrogens is 1. The van der Waals surface area contributed by atoms with E-state index in [1.165, 1.54) is 12.4 Å². The molecule has 1 heterocycles. The van der Waals surface area contributed by atoms with Crippen LogP contribution in [0.4, 0.5) is 0 Å². The number of allylic oxidation sites excluding steroid dienone is 2. The second kappa shape index (κ2) is 5.72. The molecule has 0 saturated heterocycles. The molecular formula is C18H21N3O. The van der Waals surface area contributed by atoms with Gasteiger partial charge in [0.05, 0.1) is 5.39 Å². The Morgan fingerprint density at radius 3 is 2.73 bits per heavy atom. The molecule has 0 amide bonds. The van der Waals surface area contributed by atoms with Gasteiger partial charge in [-0.3, -0.25) is 4.79 Å². The normalized spacial score (nSPS) is 15.8. The summed E-state index contributed by atoms with van der Waals surface area (Å²) in [5, 5.41) is 1.68. The van der Waals surface area contributed by atoms with Crippen molar-refractivity contribution in [2.24, 2.45) is 11.5 Å². The fraction of sp³-hybridized carbons (Fsp3) is 0.278. The van der Waals surface area contributed by atoms with Crippen LogP contribution < -0.4 is 17.0 Å². The molecule has 0 spiro atoms. The van der Waals surface area contributed by atoms with Crippen LogP contribution >= 0.6 is 0 Å². The molecule has 0 atom stereocenters. The number of fused-ring (bicyclic) bond motifs is 1. The van der Waals surface area contributed by atoms with E-state index in [0.29, 0.717) is 6.04 Å². The van der Waals surface area contributed by atoms with Gasteiger partial charge < -0.3 is 16.0 Å². The minimum absolute atomic E-state index is 0.0808. The molecule has 1 saturated carbocycles. The predicted octanol–water partition coefficient (Wildman–Crippen LogP) is 2.67. The molecule has 1 aromatic carbocycles. The summed E-state index contributed by atoms with van der Waals surface area (Å²) >= 11 is 0. The molecule has 1 aliphatic carbocycles. The summed E-state index contributed by atoms with van der Waals surface area (Å²) in [4.78, 5) is 13.1. The van der Waals surface area contributed by atoms with Crippen molar-refractivity contribution >= 4 is 16.3 Å². The first-order valence-corrected chi connectivity index (χ1v) is 7.69. The lowest BCUT2D eigenvalue weighted by Crippen LogP contribution is -2.23. The summed E-state index contributed by atoms with van der Waals surface area (Å²) in [5.74, 6) is 0. The summed E-state index contributed by atoms with van der Waals surface area (Å²) in [7, 11) is 0. The van der Waals surface area contributed by atoms with Gasteiger partial charge in [-0.25, -0.2) is 0 Å². The molecule has 4 heteroatoms. The van der Waals surface area contributed by atoms with E-state index in [4.69, 9.17) is 11.5 Å². The Hall–Kier alpha value is -2.49. The minimum Gasteiger partial charge on any atom is -0.405 e. The zero-order valence-electron chi connectivity index (χ0n) is 12.8. The third kappa shape index (κ3) is 2.30. The van der Waals surface area contributed by atoms with Gasteiger partial charge in [-0.2, -0.15) is 0 Å². The molecule has 1 fully saturated rings. The molecule has 0 radical (unpaired) electrons. The summed E-state index contributed by atoms with van der Waals surface area (Å²) in [5.41, 5.74) is 14.0. The van der Waals surface area contributed by atoms with Crippen molar-refractivity contribution in [3.63, 3.8) is 0 Å². The molecule has 0 aliphatic heterocycles. The highest BCUT2D eigenvalue weighted by Crippen LogP contribution is 2.36. The number of nitrogens with zero attached hydrogens (tertiary/aromatic N) is 1. The maximum Gasteiger partial charge on any atom is 0.259 e. The second-order valence-corrected chi connectivity index (χ2v) is 5.65. The Morgan fingerprint density at radius 1 is 1.36 bits per heavy atom. The Morgan fingerprint density at radius 2 is 2.14 bits per heavy atom. The average molecular weight is 295 g/mol. The minimum atomic E-state index is 0.0808. The van der Waals surface area contributed by atoms with Crippen molar-refractivity contribution in [1.29, 1.82) is 0 Å². The van der Waals surface area contributed by atoms with Gasteiger partial charge >= 0.3 is 0 Å². The van der Waals surface area contributed by atoms with E-state index in [9.17, 15) is 4.79 Å². The molecular weight excluding hydrogens is 274 g/mol. The summed E-state index contributed by atoms with van der Waals surface area (Å²) < 4.78 is 1.96. The highest BCUT2D eigenvalue weighted by atomic mass is 16.1. The first-order chi connectivity index (χ1) is 10.7. The van der Waals surface area contributed by atoms with E-state index in [-0.39, 0.29) is 5.56 Å². The van der Waals surface area contributed by atoms with Crippen molar-refractivity contribution in [2.75, 3.05) is 0 Å². The Balaban J connectivity index is 2.36. The van der Waals surface area contributed by atoms with E-state index in [1.54, 1.807) is 6.08 Å². The molecule has 1 aliphatic rings. The van der Waals surface area contributed by atoms with E-state index < -0.39 is 0 Å². The number of hydrogen-bond donors (Lipinski definition) is 2. The molecule has 3 rings (SSSR count). The van der Waals surface area contributed by atoms with E-state index in [1.807, 2.05) is 22.8 Å². The highest BCUT2D eigenvalue weighted by Gasteiger charge is 2.27. The third-order valence-electron chi connectivity index (χ3n) is 4.20. The summed E-state index contributed by atoms with van der Waals surface area (Å²) in [6.45, 7) is 2.09. The molecule has 22 heavy (non-hydrogen) atoms. The zero-order chi connectivity index (χ0) is 15.7. The van der Waals surface area contributed by atoms with Crippen LogP contribution in [0.5, 0.6) is 0 Å². The van der Waals surface area contributed by atoms with Crippen LogP contribution in [0.3, 0.4) is 0 Å². The molecule has 114 valence electrons. The smallest absolute Gasteiger partial charge is 0.259 e. The average Bonchev–Trinajstić information content (AvgIpc) is 3.36. The number of rotatable bonds is 4. The fourth-order valence-corrected chi connectivity index (χ4v) is 3.01. The Labute approximate surface area is 129 Å². The van der Waals surface area contributed by atoms with Crippen LogP contribution in [0.1, 0.15) is 37.1 Å². The van der Waals surface area contributed by atoms with Gasteiger partial charge in [0.1, 0.15) is 0 Å². The van der Waals surface area contributed by atoms with Gasteiger partial charge in [0, 0.05) is 17.9 Å². The molecule has 0 unspecified atom stereocenters. The van der Waals surface area contributed by atoms with Crippen molar-refractivity contribution in [3.05, 3.63) is 64.4 Å². The zero-order valence-corrected chi connectivity index (χ0v) is 12.8. The van der Waals surface area contributed by atoms with Gasteiger partial charge in [-0.05, 0) is 54.1 Å². The highest BCUT2D eigenvalue weighted by molar-refractivity contribution is 5.95. The molecule has 1 aromatic heterocycles. The van der Waals surface area contributed by atoms with Crippen LogP contribution in [0, 0.1) is 0 Å². The maximum atomic E-state index is 13.1. The van der Waals surface area contributed by atoms with Crippen molar-refractivity contribution in [1.82, 2.24) is 4.57 Å². The van der Waals surface area contributed by atoms with Crippen LogP contribution in [0.25, 0.3) is 16.3 Å². The quantitative estimate of drug-likeness (QED) is 0.852. The van der Waals surface area contributed by atoms with Crippen molar-refractivity contribution in [3.8, 4) is 0 Å². The summed E-state index contributed by atoms with van der Waals surface area (Å²) in [6.07, 6.45) is 7.69. The maximum absolute atomic E-state index is 13.1. The SMILES string of the molecule is CCc1cc2cccc(C(/C=C\N)=C/N)c2c(=O)n1C1CC1. The van der Waals surface area contributed by atoms with E-state index in [2.05, 4.69) is 13.0 Å². The Kier molecular flexibility index (Phi) is 3.75.